The van der Waals surface area contributed by atoms with Crippen LogP contribution in [0.25, 0.3) is 0 Å². The third-order valence-electron chi connectivity index (χ3n) is 4.80. The van der Waals surface area contributed by atoms with Crippen molar-refractivity contribution in [1.29, 1.82) is 0 Å². The zero-order chi connectivity index (χ0) is 22.5. The molecule has 0 radical (unpaired) electrons. The molecule has 0 spiro atoms. The summed E-state index contributed by atoms with van der Waals surface area (Å²) in [5.41, 5.74) is 7.80. The van der Waals surface area contributed by atoms with E-state index in [1.54, 1.807) is 24.0 Å². The van der Waals surface area contributed by atoms with Gasteiger partial charge in [-0.25, -0.2) is 9.37 Å². The van der Waals surface area contributed by atoms with Gasteiger partial charge in [-0.3, -0.25) is 14.6 Å². The molecule has 1 aromatic heterocycles. The monoisotopic (exact) mass is 449 g/mol. The first-order chi connectivity index (χ1) is 15.5. The molecule has 1 unspecified atom stereocenters. The molecule has 0 fully saturated rings. The van der Waals surface area contributed by atoms with E-state index < -0.39 is 23.7 Å². The Hall–Kier alpha value is -3.72. The molecule has 0 saturated heterocycles. The molecule has 4 rings (SSSR count). The van der Waals surface area contributed by atoms with Crippen LogP contribution >= 0.6 is 11.8 Å². The summed E-state index contributed by atoms with van der Waals surface area (Å²) in [6, 6.07) is 17.9. The van der Waals surface area contributed by atoms with Crippen molar-refractivity contribution in [3.8, 4) is 0 Å². The Bertz CT molecular complexity index is 1150. The van der Waals surface area contributed by atoms with E-state index in [-0.39, 0.29) is 12.1 Å². The molecule has 2 heterocycles. The summed E-state index contributed by atoms with van der Waals surface area (Å²) in [4.78, 5) is 29.0. The predicted molar refractivity (Wildman–Crippen MR) is 123 cm³/mol. The van der Waals surface area contributed by atoms with Crippen LogP contribution in [0.1, 0.15) is 12.0 Å². The van der Waals surface area contributed by atoms with Gasteiger partial charge in [-0.05, 0) is 54.1 Å². The van der Waals surface area contributed by atoms with Crippen LogP contribution in [0.15, 0.2) is 83.1 Å². The molecule has 1 aliphatic heterocycles. The summed E-state index contributed by atoms with van der Waals surface area (Å²) in [5, 5.41) is 9.39. The number of hydrazone groups is 1. The van der Waals surface area contributed by atoms with Crippen molar-refractivity contribution in [3.63, 3.8) is 0 Å². The molecule has 9 heteroatoms. The van der Waals surface area contributed by atoms with Crippen LogP contribution in [-0.2, 0) is 15.3 Å². The van der Waals surface area contributed by atoms with Crippen LogP contribution in [0.4, 0.5) is 15.8 Å². The number of nitrogens with zero attached hydrogens (tertiary/aromatic N) is 3. The summed E-state index contributed by atoms with van der Waals surface area (Å²) in [5.74, 6) is -0.750. The number of aromatic nitrogens is 1. The molecule has 2 amide bonds. The average Bonchev–Trinajstić information content (AvgIpc) is 3.25. The van der Waals surface area contributed by atoms with E-state index in [9.17, 15) is 14.0 Å². The van der Waals surface area contributed by atoms with Gasteiger partial charge in [0, 0.05) is 24.1 Å². The number of carbonyl (C=O) groups excluding carboxylic acids is 2. The number of nitrogens with two attached hydrogens (primary N) is 1. The first-order valence-electron chi connectivity index (χ1n) is 9.85. The molecule has 32 heavy (non-hydrogen) atoms. The molecule has 2 aromatic carbocycles. The van der Waals surface area contributed by atoms with Gasteiger partial charge in [0.2, 0.25) is 5.91 Å². The van der Waals surface area contributed by atoms with E-state index in [1.807, 2.05) is 36.4 Å². The maximum Gasteiger partial charge on any atom is 0.271 e. The zero-order valence-corrected chi connectivity index (χ0v) is 17.8. The number of primary amides is 1. The van der Waals surface area contributed by atoms with E-state index >= 15 is 0 Å². The van der Waals surface area contributed by atoms with E-state index in [4.69, 9.17) is 5.73 Å². The molecule has 0 bridgehead atoms. The predicted octanol–water partition coefficient (Wildman–Crippen LogP) is 3.57. The van der Waals surface area contributed by atoms with Crippen LogP contribution in [0.5, 0.6) is 0 Å². The van der Waals surface area contributed by atoms with Gasteiger partial charge in [-0.1, -0.05) is 18.2 Å². The van der Waals surface area contributed by atoms with Crippen molar-refractivity contribution < 1.29 is 14.0 Å². The topological polar surface area (TPSA) is 101 Å². The van der Waals surface area contributed by atoms with Crippen molar-refractivity contribution in [1.82, 2.24) is 4.98 Å². The molecule has 0 saturated carbocycles. The smallest absolute Gasteiger partial charge is 0.271 e. The molecule has 1 aliphatic rings. The summed E-state index contributed by atoms with van der Waals surface area (Å²) >= 11 is 1.60. The third-order valence-corrected chi connectivity index (χ3v) is 5.82. The van der Waals surface area contributed by atoms with Crippen LogP contribution in [0, 0.1) is 5.82 Å². The number of pyridine rings is 1. The zero-order valence-electron chi connectivity index (χ0n) is 16.9. The summed E-state index contributed by atoms with van der Waals surface area (Å²) in [6.45, 7) is 0. The molecule has 0 aliphatic carbocycles. The van der Waals surface area contributed by atoms with Crippen LogP contribution in [0.3, 0.4) is 0 Å². The number of thioether (sulfide) groups is 1. The van der Waals surface area contributed by atoms with Gasteiger partial charge in [0.25, 0.3) is 5.91 Å². The lowest BCUT2D eigenvalue weighted by Gasteiger charge is -2.20. The minimum atomic E-state index is -0.817. The van der Waals surface area contributed by atoms with Crippen molar-refractivity contribution in [2.24, 2.45) is 10.8 Å². The van der Waals surface area contributed by atoms with Gasteiger partial charge < -0.3 is 11.1 Å². The third kappa shape index (κ3) is 5.12. The minimum Gasteiger partial charge on any atom is -0.368 e. The Labute approximate surface area is 188 Å². The van der Waals surface area contributed by atoms with Crippen LogP contribution in [-0.4, -0.2) is 28.6 Å². The molecule has 1 atom stereocenters. The fourth-order valence-electron chi connectivity index (χ4n) is 3.23. The van der Waals surface area contributed by atoms with E-state index in [1.165, 1.54) is 29.3 Å². The molecular weight excluding hydrogens is 429 g/mol. The summed E-state index contributed by atoms with van der Waals surface area (Å²) < 4.78 is 13.2. The number of anilines is 2. The first kappa shape index (κ1) is 21.5. The molecule has 7 nitrogen and oxygen atoms in total. The Morgan fingerprint density at radius 1 is 1.12 bits per heavy atom. The Morgan fingerprint density at radius 3 is 2.66 bits per heavy atom. The van der Waals surface area contributed by atoms with E-state index in [2.05, 4.69) is 15.4 Å². The van der Waals surface area contributed by atoms with Gasteiger partial charge in [-0.2, -0.15) is 5.10 Å². The Morgan fingerprint density at radius 2 is 1.94 bits per heavy atom. The highest BCUT2D eigenvalue weighted by Crippen LogP contribution is 2.26. The Balaban J connectivity index is 1.45. The maximum atomic E-state index is 13.2. The molecule has 3 N–H and O–H groups in total. The minimum absolute atomic E-state index is 0.0633. The number of amides is 2. The maximum absolute atomic E-state index is 13.2. The first-order valence-corrected chi connectivity index (χ1v) is 10.8. The van der Waals surface area contributed by atoms with Gasteiger partial charge in [0.1, 0.15) is 17.6 Å². The van der Waals surface area contributed by atoms with Crippen molar-refractivity contribution in [2.45, 2.75) is 23.2 Å². The second-order valence-corrected chi connectivity index (χ2v) is 8.10. The number of benzene rings is 2. The average molecular weight is 450 g/mol. The second-order valence-electron chi connectivity index (χ2n) is 7.10. The molecule has 162 valence electrons. The van der Waals surface area contributed by atoms with Gasteiger partial charge >= 0.3 is 0 Å². The van der Waals surface area contributed by atoms with Crippen molar-refractivity contribution in [3.05, 3.63) is 84.3 Å². The van der Waals surface area contributed by atoms with Gasteiger partial charge in [-0.15, -0.1) is 11.8 Å². The number of carbonyl (C=O) groups is 2. The van der Waals surface area contributed by atoms with Crippen LogP contribution < -0.4 is 16.1 Å². The number of halogens is 1. The fraction of sp³-hybridized carbons (Fsp3) is 0.130. The number of hydrogen-bond donors (Lipinski definition) is 2. The Kier molecular flexibility index (Phi) is 6.46. The fourth-order valence-corrected chi connectivity index (χ4v) is 4.04. The summed E-state index contributed by atoms with van der Waals surface area (Å²) in [6.07, 6.45) is 1.81. The van der Waals surface area contributed by atoms with E-state index in [0.717, 1.165) is 10.6 Å². The summed E-state index contributed by atoms with van der Waals surface area (Å²) in [7, 11) is 0. The SMILES string of the molecule is NC(=O)C1CC(C(=O)Nc2cccc(CSc3ccccn3)c2)=NN1c1ccc(F)cc1. The van der Waals surface area contributed by atoms with E-state index in [0.29, 0.717) is 17.1 Å². The standard InChI is InChI=1S/C23H20FN5O2S/c24-16-7-9-18(10-8-16)29-20(22(25)30)13-19(28-29)23(31)27-17-5-3-4-15(12-17)14-32-21-6-1-2-11-26-21/h1-12,20H,13-14H2,(H2,25,30)(H,27,31). The highest BCUT2D eigenvalue weighted by atomic mass is 32.2. The number of hydrogen-bond acceptors (Lipinski definition) is 6. The van der Waals surface area contributed by atoms with Crippen LogP contribution in [0.2, 0.25) is 0 Å². The highest BCUT2D eigenvalue weighted by molar-refractivity contribution is 7.98. The second kappa shape index (κ2) is 9.61. The van der Waals surface area contributed by atoms with Gasteiger partial charge in [0.15, 0.2) is 0 Å². The number of rotatable bonds is 7. The van der Waals surface area contributed by atoms with Crippen molar-refractivity contribution in [2.75, 3.05) is 10.3 Å². The van der Waals surface area contributed by atoms with Gasteiger partial charge in [0.05, 0.1) is 10.7 Å². The highest BCUT2D eigenvalue weighted by Gasteiger charge is 2.35. The van der Waals surface area contributed by atoms with Crippen molar-refractivity contribution >= 4 is 40.7 Å². The molecule has 3 aromatic rings. The quantitative estimate of drug-likeness (QED) is 0.537. The normalized spacial score (nSPS) is 15.3. The largest absolute Gasteiger partial charge is 0.368 e. The lowest BCUT2D eigenvalue weighted by atomic mass is 10.1. The lowest BCUT2D eigenvalue weighted by molar-refractivity contribution is -0.119. The molecular formula is C23H20FN5O2S. The number of nitrogens with one attached hydrogen (secondary N) is 1. The lowest BCUT2D eigenvalue weighted by Crippen LogP contribution is -2.39.